The third-order valence-corrected chi connectivity index (χ3v) is 9.87. The van der Waals surface area contributed by atoms with Gasteiger partial charge in [-0.25, -0.2) is 9.59 Å². The molecular weight excluding hydrogens is 841 g/mol. The van der Waals surface area contributed by atoms with Crippen molar-refractivity contribution in [3.05, 3.63) is 89.5 Å². The maximum atomic E-state index is 11.8. The van der Waals surface area contributed by atoms with Gasteiger partial charge in [-0.1, -0.05) is 36.4 Å². The number of carbonyl (C=O) groups is 2. The average Bonchev–Trinajstić information content (AvgIpc) is 3.23. The standard InChI is InChI=1S/C17H26N2O3.C14H21NO5S.C12H18N2O.C4H9NO/c1-17(2,3)22-16(20)18-15-6-4-5-14(13-15)7-8-19-9-11-21-12-10-19;1-14(2,3)20-13(16)15-12-7-5-6-11(10-12)8-9-19-21(4,17)18;13-12-3-1-2-11(10-12)4-5-14-6-8-15-9-7-14;1-3-6-4-2-5-1/h4-6,13H,7-12H2,1-3H3,(H,18,20);5-7,10H,8-9H2,1-4H3,(H,15,16);1-3,10H,4-9,13H2;5H,1-4H2. The van der Waals surface area contributed by atoms with Crippen LogP contribution >= 0.6 is 0 Å². The maximum Gasteiger partial charge on any atom is 0.412 e. The summed E-state index contributed by atoms with van der Waals surface area (Å²) in [5.74, 6) is 0. The number of morpholine rings is 3. The molecule has 358 valence electrons. The molecule has 0 radical (unpaired) electrons. The van der Waals surface area contributed by atoms with Crippen molar-refractivity contribution in [3.63, 3.8) is 0 Å². The first-order chi connectivity index (χ1) is 30.3. The van der Waals surface area contributed by atoms with Crippen molar-refractivity contribution in [1.29, 1.82) is 0 Å². The molecule has 3 aliphatic heterocycles. The van der Waals surface area contributed by atoms with Crippen molar-refractivity contribution in [2.75, 3.05) is 121 Å². The Balaban J connectivity index is 0.000000242. The molecule has 5 N–H and O–H groups in total. The summed E-state index contributed by atoms with van der Waals surface area (Å²) >= 11 is 0. The minimum absolute atomic E-state index is 0.0642. The summed E-state index contributed by atoms with van der Waals surface area (Å²) in [7, 11) is -3.43. The van der Waals surface area contributed by atoms with E-state index < -0.39 is 33.5 Å². The van der Waals surface area contributed by atoms with E-state index in [9.17, 15) is 18.0 Å². The number of rotatable bonds is 12. The highest BCUT2D eigenvalue weighted by atomic mass is 32.2. The summed E-state index contributed by atoms with van der Waals surface area (Å²) in [5.41, 5.74) is 10.3. The van der Waals surface area contributed by atoms with Gasteiger partial charge in [0.1, 0.15) is 11.2 Å². The Kier molecular flexibility index (Phi) is 24.1. The summed E-state index contributed by atoms with van der Waals surface area (Å²) in [6.45, 7) is 24.4. The molecule has 17 heteroatoms. The van der Waals surface area contributed by atoms with E-state index in [-0.39, 0.29) is 6.61 Å². The highest BCUT2D eigenvalue weighted by Crippen LogP contribution is 2.16. The van der Waals surface area contributed by atoms with E-state index in [1.54, 1.807) is 39.0 Å². The number of nitrogens with one attached hydrogen (secondary N) is 3. The molecule has 0 saturated carbocycles. The maximum absolute atomic E-state index is 11.8. The quantitative estimate of drug-likeness (QED) is 0.118. The Morgan fingerprint density at radius 3 is 1.42 bits per heavy atom. The van der Waals surface area contributed by atoms with E-state index >= 15 is 0 Å². The number of nitrogen functional groups attached to an aromatic ring is 1. The third kappa shape index (κ3) is 27.1. The van der Waals surface area contributed by atoms with Crippen molar-refractivity contribution in [2.24, 2.45) is 0 Å². The number of hydrogen-bond donors (Lipinski definition) is 4. The number of carbonyl (C=O) groups excluding carboxylic acids is 2. The Bertz CT molecular complexity index is 1890. The van der Waals surface area contributed by atoms with Gasteiger partial charge in [0.2, 0.25) is 0 Å². The summed E-state index contributed by atoms with van der Waals surface area (Å²) in [6.07, 6.45) is 2.52. The molecule has 3 saturated heterocycles. The number of nitrogens with zero attached hydrogens (tertiary/aromatic N) is 2. The van der Waals surface area contributed by atoms with Crippen molar-refractivity contribution in [3.8, 4) is 0 Å². The Morgan fingerprint density at radius 2 is 1.05 bits per heavy atom. The van der Waals surface area contributed by atoms with Crippen LogP contribution in [0.15, 0.2) is 72.8 Å². The van der Waals surface area contributed by atoms with Crippen LogP contribution in [0.3, 0.4) is 0 Å². The van der Waals surface area contributed by atoms with Crippen molar-refractivity contribution in [2.45, 2.75) is 72.0 Å². The van der Waals surface area contributed by atoms with E-state index in [1.165, 1.54) is 11.1 Å². The Morgan fingerprint density at radius 1 is 0.641 bits per heavy atom. The molecule has 3 heterocycles. The van der Waals surface area contributed by atoms with Gasteiger partial charge >= 0.3 is 12.2 Å². The molecule has 0 spiro atoms. The number of ether oxygens (including phenoxy) is 5. The van der Waals surface area contributed by atoms with Gasteiger partial charge < -0.3 is 34.7 Å². The molecule has 2 amide bonds. The molecule has 3 aliphatic rings. The fraction of sp³-hybridized carbons (Fsp3) is 0.574. The largest absolute Gasteiger partial charge is 0.444 e. The first-order valence-corrected chi connectivity index (χ1v) is 23.9. The molecular formula is C47H74N6O10S. The SMILES string of the molecule is C1COCCN1.CC(C)(C)OC(=O)Nc1cccc(CCN2CCOCC2)c1.CC(C)(C)OC(=O)Nc1cccc(CCOS(C)(=O)=O)c1.Nc1cccc(CCN2CCOCC2)c1. The molecule has 3 aromatic carbocycles. The zero-order valence-electron chi connectivity index (χ0n) is 39.1. The van der Waals surface area contributed by atoms with Gasteiger partial charge in [0.25, 0.3) is 10.1 Å². The predicted octanol–water partition coefficient (Wildman–Crippen LogP) is 6.21. The van der Waals surface area contributed by atoms with Gasteiger partial charge in [-0.3, -0.25) is 24.6 Å². The van der Waals surface area contributed by atoms with Crippen LogP contribution < -0.4 is 21.7 Å². The van der Waals surface area contributed by atoms with Crippen molar-refractivity contribution >= 4 is 39.4 Å². The van der Waals surface area contributed by atoms with Crippen LogP contribution in [0.25, 0.3) is 0 Å². The molecule has 0 aromatic heterocycles. The number of hydrogen-bond acceptors (Lipinski definition) is 14. The zero-order valence-corrected chi connectivity index (χ0v) is 39.9. The monoisotopic (exact) mass is 915 g/mol. The first-order valence-electron chi connectivity index (χ1n) is 22.1. The summed E-state index contributed by atoms with van der Waals surface area (Å²) < 4.78 is 52.5. The van der Waals surface area contributed by atoms with Crippen LogP contribution in [0.5, 0.6) is 0 Å². The van der Waals surface area contributed by atoms with E-state index in [1.807, 2.05) is 57.2 Å². The minimum Gasteiger partial charge on any atom is -0.444 e. The lowest BCUT2D eigenvalue weighted by Gasteiger charge is -2.26. The van der Waals surface area contributed by atoms with Gasteiger partial charge in [0.05, 0.1) is 52.5 Å². The van der Waals surface area contributed by atoms with E-state index in [2.05, 4.69) is 48.1 Å². The van der Waals surface area contributed by atoms with Crippen LogP contribution in [0.1, 0.15) is 58.2 Å². The van der Waals surface area contributed by atoms with Gasteiger partial charge in [0, 0.05) is 69.4 Å². The van der Waals surface area contributed by atoms with Gasteiger partial charge in [0.15, 0.2) is 0 Å². The molecule has 0 atom stereocenters. The summed E-state index contributed by atoms with van der Waals surface area (Å²) in [5, 5.41) is 8.57. The molecule has 3 aromatic rings. The predicted molar refractivity (Wildman–Crippen MR) is 254 cm³/mol. The van der Waals surface area contributed by atoms with E-state index in [0.29, 0.717) is 12.1 Å². The second kappa shape index (κ2) is 28.6. The molecule has 3 fully saturated rings. The van der Waals surface area contributed by atoms with Gasteiger partial charge in [-0.05, 0) is 114 Å². The second-order valence-electron chi connectivity index (χ2n) is 17.4. The minimum atomic E-state index is -3.43. The molecule has 0 aliphatic carbocycles. The average molecular weight is 915 g/mol. The number of amides is 2. The summed E-state index contributed by atoms with van der Waals surface area (Å²) in [4.78, 5) is 28.3. The van der Waals surface area contributed by atoms with Crippen molar-refractivity contribution < 1.29 is 45.9 Å². The Hall–Kier alpha value is -4.33. The highest BCUT2D eigenvalue weighted by molar-refractivity contribution is 7.85. The summed E-state index contributed by atoms with van der Waals surface area (Å²) in [6, 6.07) is 23.1. The van der Waals surface area contributed by atoms with Crippen LogP contribution in [-0.4, -0.2) is 146 Å². The van der Waals surface area contributed by atoms with Crippen LogP contribution in [0.4, 0.5) is 26.7 Å². The third-order valence-electron chi connectivity index (χ3n) is 9.27. The van der Waals surface area contributed by atoms with Gasteiger partial charge in [-0.15, -0.1) is 0 Å². The molecule has 0 unspecified atom stereocenters. The fourth-order valence-electron chi connectivity index (χ4n) is 6.25. The molecule has 64 heavy (non-hydrogen) atoms. The number of nitrogens with two attached hydrogens (primary N) is 1. The van der Waals surface area contributed by atoms with Crippen LogP contribution in [-0.2, 0) is 57.2 Å². The molecule has 16 nitrogen and oxygen atoms in total. The normalized spacial score (nSPS) is 16.0. The number of benzene rings is 3. The fourth-order valence-corrected chi connectivity index (χ4v) is 6.64. The molecule has 6 rings (SSSR count). The van der Waals surface area contributed by atoms with Gasteiger partial charge in [-0.2, -0.15) is 8.42 Å². The van der Waals surface area contributed by atoms with E-state index in [0.717, 1.165) is 128 Å². The number of anilines is 3. The van der Waals surface area contributed by atoms with Crippen LogP contribution in [0.2, 0.25) is 0 Å². The highest BCUT2D eigenvalue weighted by Gasteiger charge is 2.18. The first kappa shape index (κ1) is 54.0. The molecule has 0 bridgehead atoms. The Labute approximate surface area is 381 Å². The topological polar surface area (TPSA) is 192 Å². The van der Waals surface area contributed by atoms with Crippen molar-refractivity contribution in [1.82, 2.24) is 15.1 Å². The van der Waals surface area contributed by atoms with E-state index in [4.69, 9.17) is 29.4 Å². The second-order valence-corrected chi connectivity index (χ2v) is 19.1. The smallest absolute Gasteiger partial charge is 0.412 e. The van der Waals surface area contributed by atoms with Crippen LogP contribution in [0, 0.1) is 0 Å². The zero-order chi connectivity index (χ0) is 46.9. The lowest BCUT2D eigenvalue weighted by atomic mass is 10.1. The lowest BCUT2D eigenvalue weighted by molar-refractivity contribution is 0.0384. The lowest BCUT2D eigenvalue weighted by Crippen LogP contribution is -2.37.